The minimum Gasteiger partial charge on any atom is -0.335 e. The fourth-order valence-electron chi connectivity index (χ4n) is 5.89. The summed E-state index contributed by atoms with van der Waals surface area (Å²) in [6.45, 7) is 6.34. The Kier molecular flexibility index (Phi) is 7.95. The number of fused-ring (bicyclic) bond motifs is 3. The molecule has 2 heterocycles. The van der Waals surface area contributed by atoms with E-state index in [2.05, 4.69) is 84.2 Å². The van der Waals surface area contributed by atoms with Gasteiger partial charge >= 0.3 is 0 Å². The molecule has 3 nitrogen and oxygen atoms in total. The fourth-order valence-corrected chi connectivity index (χ4v) is 9.23. The van der Waals surface area contributed by atoms with Crippen molar-refractivity contribution in [3.05, 3.63) is 81.4 Å². The Morgan fingerprint density at radius 3 is 2.72 bits per heavy atom. The zero-order valence-electron chi connectivity index (χ0n) is 23.0. The van der Waals surface area contributed by atoms with Crippen molar-refractivity contribution in [1.29, 1.82) is 0 Å². The lowest BCUT2D eigenvalue weighted by molar-refractivity contribution is -0.665. The average Bonchev–Trinajstić information content (AvgIpc) is 3.47. The van der Waals surface area contributed by atoms with E-state index in [1.807, 2.05) is 40.9 Å². The Bertz CT molecular complexity index is 1590. The van der Waals surface area contributed by atoms with E-state index in [1.165, 1.54) is 65.3 Å². The second-order valence-corrected chi connectivity index (χ2v) is 14.7. The Labute approximate surface area is 247 Å². The summed E-state index contributed by atoms with van der Waals surface area (Å²) in [4.78, 5) is 5.85. The molecule has 0 amide bonds. The Hall–Kier alpha value is -2.06. The van der Waals surface area contributed by atoms with E-state index in [-0.39, 0.29) is 0 Å². The standard InChI is InChI=1S/C32H35N2OS4/c1-5-33-27-19-25(36-3)11-13-29(27)37-31(33)17-21-7-9-23-10-8-22(16-24(23)15-21)18-32-34(6-2)28-20-26(39(4)35)12-14-30(28)38-32/h11-20,23H,5-10H2,1-4H3/q+1. The van der Waals surface area contributed by atoms with Gasteiger partial charge in [-0.15, -0.1) is 11.8 Å². The van der Waals surface area contributed by atoms with Gasteiger partial charge in [-0.3, -0.25) is 4.21 Å². The van der Waals surface area contributed by atoms with Crippen molar-refractivity contribution in [3.63, 3.8) is 0 Å². The van der Waals surface area contributed by atoms with E-state index >= 15 is 0 Å². The van der Waals surface area contributed by atoms with E-state index < -0.39 is 10.8 Å². The molecule has 2 aliphatic carbocycles. The van der Waals surface area contributed by atoms with Gasteiger partial charge in [0.25, 0.3) is 5.01 Å². The molecule has 1 aliphatic heterocycles. The molecule has 0 saturated heterocycles. The number of aromatic nitrogens is 1. The van der Waals surface area contributed by atoms with Crippen LogP contribution in [0.25, 0.3) is 16.3 Å². The van der Waals surface area contributed by atoms with Crippen molar-refractivity contribution < 1.29 is 8.78 Å². The normalized spacial score (nSPS) is 21.7. The molecule has 7 heteroatoms. The third kappa shape index (κ3) is 5.35. The first-order valence-corrected chi connectivity index (χ1v) is 18.2. The third-order valence-electron chi connectivity index (χ3n) is 7.96. The number of anilines is 1. The van der Waals surface area contributed by atoms with Gasteiger partial charge in [0, 0.05) is 50.4 Å². The maximum Gasteiger partial charge on any atom is 0.263 e. The van der Waals surface area contributed by atoms with Crippen LogP contribution in [0.15, 0.2) is 91.1 Å². The van der Waals surface area contributed by atoms with Gasteiger partial charge in [0.2, 0.25) is 5.52 Å². The second-order valence-electron chi connectivity index (χ2n) is 10.3. The monoisotopic (exact) mass is 591 g/mol. The number of aryl methyl sites for hydroxylation is 1. The molecule has 2 aromatic carbocycles. The SMILES string of the molecule is CCN1C(=CC2=CC3=CC(=Cc4sc5ccc(SC)cc5[n+]4CC)CCC3CC2)Sc2ccc(S(C)=O)cc21. The maximum atomic E-state index is 12.1. The highest BCUT2D eigenvalue weighted by molar-refractivity contribution is 8.03. The van der Waals surface area contributed by atoms with Crippen molar-refractivity contribution >= 4 is 67.6 Å². The quantitative estimate of drug-likeness (QED) is 0.212. The lowest BCUT2D eigenvalue weighted by Gasteiger charge is -2.28. The zero-order chi connectivity index (χ0) is 27.1. The number of thioether (sulfide) groups is 2. The van der Waals surface area contributed by atoms with Gasteiger partial charge in [-0.25, -0.2) is 0 Å². The molecule has 0 radical (unpaired) electrons. The van der Waals surface area contributed by atoms with Crippen LogP contribution in [0.4, 0.5) is 5.69 Å². The molecule has 202 valence electrons. The molecule has 0 saturated carbocycles. The highest BCUT2D eigenvalue weighted by atomic mass is 32.2. The number of thiazole rings is 1. The van der Waals surface area contributed by atoms with Gasteiger partial charge in [-0.05, 0) is 105 Å². The highest BCUT2D eigenvalue weighted by Gasteiger charge is 2.28. The molecule has 3 aromatic rings. The summed E-state index contributed by atoms with van der Waals surface area (Å²) >= 11 is 5.55. The van der Waals surface area contributed by atoms with Crippen LogP contribution in [-0.4, -0.2) is 23.3 Å². The Balaban J connectivity index is 1.30. The number of rotatable bonds is 6. The van der Waals surface area contributed by atoms with Gasteiger partial charge in [0.05, 0.1) is 10.7 Å². The minimum atomic E-state index is -0.969. The van der Waals surface area contributed by atoms with Crippen molar-refractivity contribution in [1.82, 2.24) is 0 Å². The van der Waals surface area contributed by atoms with E-state index in [9.17, 15) is 4.21 Å². The van der Waals surface area contributed by atoms with Gasteiger partial charge < -0.3 is 4.90 Å². The van der Waals surface area contributed by atoms with Crippen molar-refractivity contribution in [2.75, 3.05) is 24.0 Å². The molecular weight excluding hydrogens is 557 g/mol. The van der Waals surface area contributed by atoms with Gasteiger partial charge in [-0.2, -0.15) is 4.57 Å². The predicted octanol–water partition coefficient (Wildman–Crippen LogP) is 8.58. The molecule has 3 aliphatic rings. The summed E-state index contributed by atoms with van der Waals surface area (Å²) in [5.74, 6) is 0.673. The largest absolute Gasteiger partial charge is 0.335 e. The highest BCUT2D eigenvalue weighted by Crippen LogP contribution is 2.48. The van der Waals surface area contributed by atoms with E-state index in [0.717, 1.165) is 30.8 Å². The lowest BCUT2D eigenvalue weighted by atomic mass is 9.77. The number of hydrogen-bond acceptors (Lipinski definition) is 5. The van der Waals surface area contributed by atoms with Crippen LogP contribution in [0, 0.1) is 5.92 Å². The van der Waals surface area contributed by atoms with Gasteiger partial charge in [-0.1, -0.05) is 35.3 Å². The fraction of sp³-hybridized carbons (Fsp3) is 0.344. The first kappa shape index (κ1) is 27.1. The summed E-state index contributed by atoms with van der Waals surface area (Å²) in [5, 5.41) is 2.63. The van der Waals surface area contributed by atoms with Crippen molar-refractivity contribution in [3.8, 4) is 0 Å². The van der Waals surface area contributed by atoms with Crippen molar-refractivity contribution in [2.45, 2.75) is 60.8 Å². The molecule has 39 heavy (non-hydrogen) atoms. The first-order chi connectivity index (χ1) is 19.0. The van der Waals surface area contributed by atoms with Crippen LogP contribution < -0.4 is 9.47 Å². The van der Waals surface area contributed by atoms with Crippen LogP contribution in [-0.2, 0) is 17.3 Å². The second kappa shape index (κ2) is 11.4. The lowest BCUT2D eigenvalue weighted by Crippen LogP contribution is -2.33. The third-order valence-corrected chi connectivity index (χ3v) is 11.8. The Morgan fingerprint density at radius 1 is 1.10 bits per heavy atom. The van der Waals surface area contributed by atoms with Gasteiger partial charge in [0.1, 0.15) is 11.2 Å². The van der Waals surface area contributed by atoms with Crippen LogP contribution in [0.2, 0.25) is 0 Å². The predicted molar refractivity (Wildman–Crippen MR) is 171 cm³/mol. The zero-order valence-corrected chi connectivity index (χ0v) is 26.3. The van der Waals surface area contributed by atoms with Crippen LogP contribution in [0.3, 0.4) is 0 Å². The maximum absolute atomic E-state index is 12.1. The first-order valence-electron chi connectivity index (χ1n) is 13.7. The molecular formula is C32H35N2OS4+. The summed E-state index contributed by atoms with van der Waals surface area (Å²) in [7, 11) is -0.969. The summed E-state index contributed by atoms with van der Waals surface area (Å²) in [5.41, 5.74) is 6.90. The van der Waals surface area contributed by atoms with Gasteiger partial charge in [0.15, 0.2) is 0 Å². The van der Waals surface area contributed by atoms with Crippen LogP contribution in [0.1, 0.15) is 44.5 Å². The molecule has 6 rings (SSSR count). The number of allylic oxidation sites excluding steroid dienone is 6. The summed E-state index contributed by atoms with van der Waals surface area (Å²) < 4.78 is 15.9. The summed E-state index contributed by atoms with van der Waals surface area (Å²) in [6.07, 6.45) is 18.4. The summed E-state index contributed by atoms with van der Waals surface area (Å²) in [6, 6.07) is 13.1. The molecule has 0 spiro atoms. The van der Waals surface area contributed by atoms with E-state index in [4.69, 9.17) is 0 Å². The Morgan fingerprint density at radius 2 is 1.95 bits per heavy atom. The number of hydrogen-bond donors (Lipinski definition) is 0. The van der Waals surface area contributed by atoms with Crippen LogP contribution >= 0.6 is 34.9 Å². The molecule has 0 N–H and O–H groups in total. The molecule has 0 fully saturated rings. The topological polar surface area (TPSA) is 24.2 Å². The molecule has 0 bridgehead atoms. The minimum absolute atomic E-state index is 0.673. The smallest absolute Gasteiger partial charge is 0.263 e. The number of nitrogens with zero attached hydrogens (tertiary/aromatic N) is 2. The van der Waals surface area contributed by atoms with Crippen molar-refractivity contribution in [2.24, 2.45) is 5.92 Å². The van der Waals surface area contributed by atoms with E-state index in [0.29, 0.717) is 5.92 Å². The van der Waals surface area contributed by atoms with Crippen LogP contribution in [0.5, 0.6) is 0 Å². The molecule has 1 aromatic heterocycles. The molecule has 2 atom stereocenters. The molecule has 2 unspecified atom stereocenters. The number of benzene rings is 2. The van der Waals surface area contributed by atoms with E-state index in [1.54, 1.807) is 6.26 Å². The average molecular weight is 592 g/mol.